The second kappa shape index (κ2) is 4.45. The van der Waals surface area contributed by atoms with E-state index in [4.69, 9.17) is 5.73 Å². The van der Waals surface area contributed by atoms with Crippen LogP contribution in [0.5, 0.6) is 0 Å². The maximum Gasteiger partial charge on any atom is 0.127 e. The van der Waals surface area contributed by atoms with E-state index in [1.807, 2.05) is 35.8 Å². The van der Waals surface area contributed by atoms with E-state index in [0.29, 0.717) is 0 Å². The molecule has 0 aliphatic carbocycles. The standard InChI is InChI=1S/C13H18FN3/c1-3-17-11-7-5-4-6-10(11)16-12(17)8-13(2,14)9-15/h4-7H,3,8-9,15H2,1-2H3. The molecule has 2 aromatic rings. The van der Waals surface area contributed by atoms with Crippen molar-refractivity contribution in [2.24, 2.45) is 5.73 Å². The Hall–Kier alpha value is -1.42. The number of aromatic nitrogens is 2. The molecule has 0 saturated heterocycles. The Bertz CT molecular complexity index is 516. The smallest absolute Gasteiger partial charge is 0.127 e. The van der Waals surface area contributed by atoms with Gasteiger partial charge in [0.25, 0.3) is 0 Å². The SMILES string of the molecule is CCn1c(CC(C)(F)CN)nc2ccccc21. The van der Waals surface area contributed by atoms with Gasteiger partial charge in [0.15, 0.2) is 0 Å². The van der Waals surface area contributed by atoms with Crippen LogP contribution in [0.1, 0.15) is 19.7 Å². The van der Waals surface area contributed by atoms with E-state index < -0.39 is 5.67 Å². The van der Waals surface area contributed by atoms with Crippen molar-refractivity contribution in [1.82, 2.24) is 9.55 Å². The Balaban J connectivity index is 2.47. The van der Waals surface area contributed by atoms with Gasteiger partial charge < -0.3 is 10.3 Å². The van der Waals surface area contributed by atoms with Crippen LogP contribution in [-0.4, -0.2) is 21.8 Å². The Labute approximate surface area is 100 Å². The lowest BCUT2D eigenvalue weighted by molar-refractivity contribution is 0.195. The monoisotopic (exact) mass is 235 g/mol. The average molecular weight is 235 g/mol. The fraction of sp³-hybridized carbons (Fsp3) is 0.462. The van der Waals surface area contributed by atoms with Crippen LogP contribution in [0.15, 0.2) is 24.3 Å². The highest BCUT2D eigenvalue weighted by atomic mass is 19.1. The molecule has 17 heavy (non-hydrogen) atoms. The molecular weight excluding hydrogens is 217 g/mol. The summed E-state index contributed by atoms with van der Waals surface area (Å²) < 4.78 is 16.0. The van der Waals surface area contributed by atoms with Crippen molar-refractivity contribution in [3.63, 3.8) is 0 Å². The van der Waals surface area contributed by atoms with Gasteiger partial charge in [0.1, 0.15) is 11.5 Å². The van der Waals surface area contributed by atoms with Gasteiger partial charge in [-0.2, -0.15) is 0 Å². The van der Waals surface area contributed by atoms with Gasteiger partial charge in [0.05, 0.1) is 11.0 Å². The molecule has 0 radical (unpaired) electrons. The number of para-hydroxylation sites is 2. The number of imidazole rings is 1. The number of fused-ring (bicyclic) bond motifs is 1. The molecule has 2 rings (SSSR count). The first kappa shape index (κ1) is 12.0. The average Bonchev–Trinajstić information content (AvgIpc) is 2.65. The van der Waals surface area contributed by atoms with Crippen molar-refractivity contribution in [1.29, 1.82) is 0 Å². The third-order valence-corrected chi connectivity index (χ3v) is 3.00. The van der Waals surface area contributed by atoms with Gasteiger partial charge in [-0.25, -0.2) is 9.37 Å². The summed E-state index contributed by atoms with van der Waals surface area (Å²) in [6, 6.07) is 7.87. The molecule has 92 valence electrons. The third-order valence-electron chi connectivity index (χ3n) is 3.00. The minimum Gasteiger partial charge on any atom is -0.328 e. The van der Waals surface area contributed by atoms with Gasteiger partial charge in [-0.15, -0.1) is 0 Å². The Kier molecular flexibility index (Phi) is 3.15. The Morgan fingerprint density at radius 1 is 1.41 bits per heavy atom. The Morgan fingerprint density at radius 2 is 2.12 bits per heavy atom. The molecule has 0 fully saturated rings. The first-order valence-electron chi connectivity index (χ1n) is 5.90. The Morgan fingerprint density at radius 3 is 2.76 bits per heavy atom. The van der Waals surface area contributed by atoms with Crippen molar-refractivity contribution >= 4 is 11.0 Å². The predicted octanol–water partition coefficient (Wildman–Crippen LogP) is 2.29. The van der Waals surface area contributed by atoms with Crippen molar-refractivity contribution in [3.8, 4) is 0 Å². The highest BCUT2D eigenvalue weighted by Crippen LogP contribution is 2.21. The van der Waals surface area contributed by atoms with Crippen LogP contribution < -0.4 is 5.73 Å². The van der Waals surface area contributed by atoms with Crippen molar-refractivity contribution < 1.29 is 4.39 Å². The first-order chi connectivity index (χ1) is 8.07. The van der Waals surface area contributed by atoms with Gasteiger partial charge in [-0.3, -0.25) is 0 Å². The van der Waals surface area contributed by atoms with Crippen LogP contribution in [-0.2, 0) is 13.0 Å². The molecule has 1 unspecified atom stereocenters. The van der Waals surface area contributed by atoms with Crippen LogP contribution in [0.4, 0.5) is 4.39 Å². The number of halogens is 1. The molecule has 2 N–H and O–H groups in total. The molecular formula is C13H18FN3. The second-order valence-electron chi connectivity index (χ2n) is 4.56. The minimum absolute atomic E-state index is 0.0138. The van der Waals surface area contributed by atoms with E-state index in [2.05, 4.69) is 4.98 Å². The predicted molar refractivity (Wildman–Crippen MR) is 67.7 cm³/mol. The molecule has 1 aromatic heterocycles. The fourth-order valence-corrected chi connectivity index (χ4v) is 2.02. The quantitative estimate of drug-likeness (QED) is 0.883. The summed E-state index contributed by atoms with van der Waals surface area (Å²) in [7, 11) is 0. The summed E-state index contributed by atoms with van der Waals surface area (Å²) in [5.41, 5.74) is 6.00. The highest BCUT2D eigenvalue weighted by molar-refractivity contribution is 5.75. The lowest BCUT2D eigenvalue weighted by atomic mass is 10.0. The van der Waals surface area contributed by atoms with Gasteiger partial charge in [0.2, 0.25) is 0 Å². The molecule has 4 heteroatoms. The minimum atomic E-state index is -1.39. The number of rotatable bonds is 4. The number of hydrogen-bond acceptors (Lipinski definition) is 2. The van der Waals surface area contributed by atoms with Crippen LogP contribution in [0.3, 0.4) is 0 Å². The van der Waals surface area contributed by atoms with Crippen LogP contribution in [0.25, 0.3) is 11.0 Å². The fourth-order valence-electron chi connectivity index (χ4n) is 2.02. The second-order valence-corrected chi connectivity index (χ2v) is 4.56. The number of benzene rings is 1. The zero-order valence-corrected chi connectivity index (χ0v) is 10.3. The number of alkyl halides is 1. The summed E-state index contributed by atoms with van der Waals surface area (Å²) in [6.07, 6.45) is 0.256. The van der Waals surface area contributed by atoms with Gasteiger partial charge >= 0.3 is 0 Å². The number of hydrogen-bond donors (Lipinski definition) is 1. The maximum absolute atomic E-state index is 14.0. The number of nitrogens with zero attached hydrogens (tertiary/aromatic N) is 2. The van der Waals surface area contributed by atoms with E-state index >= 15 is 0 Å². The summed E-state index contributed by atoms with van der Waals surface area (Å²) in [5.74, 6) is 0.768. The number of aryl methyl sites for hydroxylation is 1. The molecule has 1 atom stereocenters. The van der Waals surface area contributed by atoms with Crippen molar-refractivity contribution in [2.75, 3.05) is 6.54 Å². The molecule has 0 bridgehead atoms. The van der Waals surface area contributed by atoms with E-state index in [1.54, 1.807) is 0 Å². The molecule has 1 heterocycles. The molecule has 1 aromatic carbocycles. The van der Waals surface area contributed by atoms with Crippen LogP contribution in [0.2, 0.25) is 0 Å². The van der Waals surface area contributed by atoms with E-state index in [9.17, 15) is 4.39 Å². The van der Waals surface area contributed by atoms with Gasteiger partial charge in [-0.05, 0) is 26.0 Å². The molecule has 0 saturated carbocycles. The van der Waals surface area contributed by atoms with Crippen molar-refractivity contribution in [3.05, 3.63) is 30.1 Å². The highest BCUT2D eigenvalue weighted by Gasteiger charge is 2.24. The van der Waals surface area contributed by atoms with Gasteiger partial charge in [0, 0.05) is 19.5 Å². The van der Waals surface area contributed by atoms with Crippen molar-refractivity contribution in [2.45, 2.75) is 32.5 Å². The molecule has 0 aliphatic rings. The van der Waals surface area contributed by atoms with Crippen LogP contribution >= 0.6 is 0 Å². The van der Waals surface area contributed by atoms with Gasteiger partial charge in [-0.1, -0.05) is 12.1 Å². The summed E-state index contributed by atoms with van der Waals surface area (Å²) in [4.78, 5) is 4.48. The first-order valence-corrected chi connectivity index (χ1v) is 5.90. The van der Waals surface area contributed by atoms with Crippen LogP contribution in [0, 0.1) is 0 Å². The molecule has 0 aliphatic heterocycles. The topological polar surface area (TPSA) is 43.8 Å². The zero-order valence-electron chi connectivity index (χ0n) is 10.3. The largest absolute Gasteiger partial charge is 0.328 e. The summed E-state index contributed by atoms with van der Waals surface area (Å²) >= 11 is 0. The normalized spacial score (nSPS) is 15.1. The third kappa shape index (κ3) is 2.31. The maximum atomic E-state index is 14.0. The molecule has 0 spiro atoms. The lowest BCUT2D eigenvalue weighted by Crippen LogP contribution is -2.32. The molecule has 0 amide bonds. The summed E-state index contributed by atoms with van der Waals surface area (Å²) in [6.45, 7) is 4.36. The lowest BCUT2D eigenvalue weighted by Gasteiger charge is -2.17. The molecule has 3 nitrogen and oxygen atoms in total. The van der Waals surface area contributed by atoms with E-state index in [-0.39, 0.29) is 13.0 Å². The van der Waals surface area contributed by atoms with E-state index in [0.717, 1.165) is 23.4 Å². The zero-order chi connectivity index (χ0) is 12.5. The number of nitrogens with two attached hydrogens (primary N) is 1. The van der Waals surface area contributed by atoms with E-state index in [1.165, 1.54) is 6.92 Å². The summed E-state index contributed by atoms with van der Waals surface area (Å²) in [5, 5.41) is 0.